The fourth-order valence-corrected chi connectivity index (χ4v) is 6.29. The monoisotopic (exact) mass is 621 g/mol. The molecule has 2 aliphatic heterocycles. The molecule has 45 heavy (non-hydrogen) atoms. The number of piperidine rings is 2. The molecule has 0 bridgehead atoms. The smallest absolute Gasteiger partial charge is 0.406 e. The van der Waals surface area contributed by atoms with Gasteiger partial charge in [0.1, 0.15) is 23.5 Å². The Morgan fingerprint density at radius 3 is 2.56 bits per heavy atom. The Morgan fingerprint density at radius 2 is 1.82 bits per heavy atom. The first-order chi connectivity index (χ1) is 21.6. The van der Waals surface area contributed by atoms with Crippen LogP contribution in [0.1, 0.15) is 36.8 Å². The zero-order valence-electron chi connectivity index (χ0n) is 25.5. The Bertz CT molecular complexity index is 1630. The molecule has 2 fully saturated rings. The molecular weight excluding hydrogens is 583 g/mol. The lowest BCUT2D eigenvalue weighted by atomic mass is 9.96. The molecule has 0 saturated carbocycles. The number of nitrogens with one attached hydrogen (secondary N) is 3. The standard InChI is InChI=1S/C33H38F3N7O2/c1-21-16-25(40-24-11-14-42(2)15-12-24)7-10-27(21)29-17-28-30(41-29)38-20-39-31(28)43-13-3-4-23(19-43)32(44)37-18-22-5-8-26(9-6-22)45-33(34,35)36/h5-10,16-17,20,23-24,40H,3-4,11-15,18-19H2,1-2H3,(H,37,44)(H,38,39,41)/t23-/m0/s1. The SMILES string of the molecule is Cc1cc(NC2CCN(C)CC2)ccc1-c1cc2c(N3CCC[C@H](C(=O)NCc4ccc(OC(F)(F)F)cc4)C3)ncnc2[nH]1. The number of hydrogen-bond acceptors (Lipinski definition) is 7. The summed E-state index contributed by atoms with van der Waals surface area (Å²) < 4.78 is 41.2. The van der Waals surface area contributed by atoms with Crippen molar-refractivity contribution in [3.8, 4) is 17.0 Å². The van der Waals surface area contributed by atoms with Gasteiger partial charge < -0.3 is 30.2 Å². The Labute approximate surface area is 260 Å². The van der Waals surface area contributed by atoms with E-state index < -0.39 is 6.36 Å². The van der Waals surface area contributed by atoms with Gasteiger partial charge in [-0.15, -0.1) is 13.2 Å². The quantitative estimate of drug-likeness (QED) is 0.226. The number of nitrogens with zero attached hydrogens (tertiary/aromatic N) is 4. The number of rotatable bonds is 8. The first-order valence-electron chi connectivity index (χ1n) is 15.4. The van der Waals surface area contributed by atoms with Crippen molar-refractivity contribution < 1.29 is 22.7 Å². The summed E-state index contributed by atoms with van der Waals surface area (Å²) in [6, 6.07) is 14.6. The summed E-state index contributed by atoms with van der Waals surface area (Å²) in [6.07, 6.45) is 0.651. The van der Waals surface area contributed by atoms with Crippen LogP contribution in [0.15, 0.2) is 54.9 Å². The second-order valence-corrected chi connectivity index (χ2v) is 12.1. The van der Waals surface area contributed by atoms with Gasteiger partial charge in [0.15, 0.2) is 0 Å². The Balaban J connectivity index is 1.11. The Kier molecular flexibility index (Phi) is 8.84. The van der Waals surface area contributed by atoms with Crippen molar-refractivity contribution in [2.75, 3.05) is 43.4 Å². The van der Waals surface area contributed by atoms with Gasteiger partial charge in [0.25, 0.3) is 0 Å². The minimum absolute atomic E-state index is 0.0973. The number of hydrogen-bond donors (Lipinski definition) is 3. The third-order valence-electron chi connectivity index (χ3n) is 8.73. The van der Waals surface area contributed by atoms with Crippen LogP contribution in [0.3, 0.4) is 0 Å². The van der Waals surface area contributed by atoms with E-state index in [0.717, 1.165) is 84.7 Å². The van der Waals surface area contributed by atoms with E-state index in [9.17, 15) is 18.0 Å². The van der Waals surface area contributed by atoms with Crippen LogP contribution in [0, 0.1) is 12.8 Å². The van der Waals surface area contributed by atoms with E-state index >= 15 is 0 Å². The van der Waals surface area contributed by atoms with Crippen LogP contribution in [0.4, 0.5) is 24.7 Å². The van der Waals surface area contributed by atoms with Crippen molar-refractivity contribution in [1.82, 2.24) is 25.2 Å². The van der Waals surface area contributed by atoms with Crippen molar-refractivity contribution in [3.63, 3.8) is 0 Å². The molecule has 1 amide bonds. The van der Waals surface area contributed by atoms with Crippen LogP contribution < -0.4 is 20.3 Å². The molecule has 1 atom stereocenters. The highest BCUT2D eigenvalue weighted by Gasteiger charge is 2.31. The van der Waals surface area contributed by atoms with E-state index in [1.807, 2.05) is 0 Å². The van der Waals surface area contributed by atoms with Gasteiger partial charge in [0.05, 0.1) is 11.3 Å². The first-order valence-corrected chi connectivity index (χ1v) is 15.4. The number of halogens is 3. The molecule has 4 aromatic rings. The van der Waals surface area contributed by atoms with Gasteiger partial charge in [-0.1, -0.05) is 18.2 Å². The lowest BCUT2D eigenvalue weighted by molar-refractivity contribution is -0.274. The molecule has 3 N–H and O–H groups in total. The number of alkyl halides is 3. The van der Waals surface area contributed by atoms with Crippen molar-refractivity contribution in [3.05, 3.63) is 66.0 Å². The van der Waals surface area contributed by atoms with Crippen molar-refractivity contribution in [2.24, 2.45) is 5.92 Å². The van der Waals surface area contributed by atoms with Crippen LogP contribution in [0.2, 0.25) is 0 Å². The lowest BCUT2D eigenvalue weighted by Crippen LogP contribution is -2.43. The van der Waals surface area contributed by atoms with Gasteiger partial charge in [0.2, 0.25) is 5.91 Å². The molecular formula is C33H38F3N7O2. The second kappa shape index (κ2) is 13.0. The van der Waals surface area contributed by atoms with Crippen LogP contribution in [0.5, 0.6) is 5.75 Å². The van der Waals surface area contributed by atoms with Gasteiger partial charge in [-0.3, -0.25) is 4.79 Å². The average molecular weight is 622 g/mol. The maximum Gasteiger partial charge on any atom is 0.573 e. The second-order valence-electron chi connectivity index (χ2n) is 12.1. The molecule has 9 nitrogen and oxygen atoms in total. The van der Waals surface area contributed by atoms with Crippen molar-refractivity contribution in [2.45, 2.75) is 51.6 Å². The number of fused-ring (bicyclic) bond motifs is 1. The summed E-state index contributed by atoms with van der Waals surface area (Å²) in [5, 5.41) is 7.54. The predicted molar refractivity (Wildman–Crippen MR) is 168 cm³/mol. The topological polar surface area (TPSA) is 98.4 Å². The van der Waals surface area contributed by atoms with E-state index in [1.165, 1.54) is 24.3 Å². The van der Waals surface area contributed by atoms with E-state index in [2.05, 4.69) is 78.4 Å². The van der Waals surface area contributed by atoms with Gasteiger partial charge in [-0.2, -0.15) is 0 Å². The third kappa shape index (κ3) is 7.50. The number of aromatic nitrogens is 3. The molecule has 2 aliphatic rings. The fourth-order valence-electron chi connectivity index (χ4n) is 6.29. The van der Waals surface area contributed by atoms with Gasteiger partial charge in [-0.25, -0.2) is 9.97 Å². The highest BCUT2D eigenvalue weighted by atomic mass is 19.4. The zero-order valence-corrected chi connectivity index (χ0v) is 25.5. The number of aryl methyl sites for hydroxylation is 1. The van der Waals surface area contributed by atoms with Crippen LogP contribution >= 0.6 is 0 Å². The predicted octanol–water partition coefficient (Wildman–Crippen LogP) is 5.87. The Morgan fingerprint density at radius 1 is 1.04 bits per heavy atom. The average Bonchev–Trinajstić information content (AvgIpc) is 3.45. The number of anilines is 2. The van der Waals surface area contributed by atoms with E-state index in [0.29, 0.717) is 18.2 Å². The fraction of sp³-hybridized carbons (Fsp3) is 0.424. The summed E-state index contributed by atoms with van der Waals surface area (Å²) in [5.74, 6) is 0.150. The van der Waals surface area contributed by atoms with Crippen LogP contribution in [-0.4, -0.2) is 71.4 Å². The third-order valence-corrected chi connectivity index (χ3v) is 8.73. The molecule has 2 aromatic carbocycles. The highest BCUT2D eigenvalue weighted by molar-refractivity contribution is 5.92. The number of ether oxygens (including phenoxy) is 1. The van der Waals surface area contributed by atoms with E-state index in [-0.39, 0.29) is 24.1 Å². The number of carbonyl (C=O) groups excluding carboxylic acids is 1. The molecule has 0 unspecified atom stereocenters. The number of carbonyl (C=O) groups is 1. The van der Waals surface area contributed by atoms with Crippen molar-refractivity contribution in [1.29, 1.82) is 0 Å². The van der Waals surface area contributed by atoms with Gasteiger partial charge in [0, 0.05) is 42.6 Å². The molecule has 0 radical (unpaired) electrons. The molecule has 6 rings (SSSR count). The van der Waals surface area contributed by atoms with E-state index in [1.54, 1.807) is 6.33 Å². The van der Waals surface area contributed by atoms with E-state index in [4.69, 9.17) is 0 Å². The minimum atomic E-state index is -4.74. The van der Waals surface area contributed by atoms with Crippen LogP contribution in [-0.2, 0) is 11.3 Å². The maximum atomic E-state index is 13.1. The summed E-state index contributed by atoms with van der Waals surface area (Å²) in [4.78, 5) is 30.2. The molecule has 0 aliphatic carbocycles. The summed E-state index contributed by atoms with van der Waals surface area (Å²) in [5.41, 5.74) is 5.78. The molecule has 4 heterocycles. The summed E-state index contributed by atoms with van der Waals surface area (Å²) >= 11 is 0. The summed E-state index contributed by atoms with van der Waals surface area (Å²) in [6.45, 7) is 5.83. The van der Waals surface area contributed by atoms with Gasteiger partial charge in [-0.05, 0) is 94.2 Å². The molecule has 238 valence electrons. The lowest BCUT2D eigenvalue weighted by Gasteiger charge is -2.33. The minimum Gasteiger partial charge on any atom is -0.406 e. The normalized spacial score (nSPS) is 18.2. The largest absolute Gasteiger partial charge is 0.573 e. The van der Waals surface area contributed by atoms with Gasteiger partial charge >= 0.3 is 6.36 Å². The van der Waals surface area contributed by atoms with Crippen molar-refractivity contribution >= 4 is 28.4 Å². The number of H-pyrrole nitrogens is 1. The maximum absolute atomic E-state index is 13.1. The molecule has 2 aromatic heterocycles. The first kappa shape index (κ1) is 30.7. The molecule has 2 saturated heterocycles. The number of amides is 1. The number of likely N-dealkylation sites (tertiary alicyclic amines) is 1. The number of aromatic amines is 1. The Hall–Kier alpha value is -4.32. The van der Waals surface area contributed by atoms with Crippen LogP contribution in [0.25, 0.3) is 22.3 Å². The highest BCUT2D eigenvalue weighted by Crippen LogP contribution is 2.33. The zero-order chi connectivity index (χ0) is 31.6. The summed E-state index contributed by atoms with van der Waals surface area (Å²) in [7, 11) is 2.17. The molecule has 12 heteroatoms. The number of benzene rings is 2. The molecule has 0 spiro atoms.